The number of aryl methyl sites for hydroxylation is 10. The average molecular weight is 486 g/mol. The normalized spacial score (nSPS) is 9.43. The van der Waals surface area contributed by atoms with Gasteiger partial charge in [-0.15, -0.1) is 0 Å². The van der Waals surface area contributed by atoms with E-state index in [1.54, 1.807) is 0 Å². The van der Waals surface area contributed by atoms with E-state index in [4.69, 9.17) is 0 Å². The van der Waals surface area contributed by atoms with Gasteiger partial charge in [-0.3, -0.25) is 0 Å². The third-order valence-electron chi connectivity index (χ3n) is 4.51. The smallest absolute Gasteiger partial charge is 0.240 e. The van der Waals surface area contributed by atoms with E-state index < -0.39 is 0 Å². The second-order valence-corrected chi connectivity index (χ2v) is 8.72. The van der Waals surface area contributed by atoms with Crippen LogP contribution in [0.15, 0.2) is 93.6 Å². The Morgan fingerprint density at radius 2 is 0.457 bits per heavy atom. The molecule has 0 radical (unpaired) electrons. The van der Waals surface area contributed by atoms with Gasteiger partial charge >= 0.3 is 0 Å². The molecule has 0 N–H and O–H groups in total. The predicted molar refractivity (Wildman–Crippen MR) is 133 cm³/mol. The van der Waals surface area contributed by atoms with Gasteiger partial charge in [0.2, 0.25) is 31.6 Å². The van der Waals surface area contributed by atoms with Crippen LogP contribution in [0.25, 0.3) is 0 Å². The van der Waals surface area contributed by atoms with Crippen LogP contribution in [0.4, 0.5) is 0 Å². The van der Waals surface area contributed by atoms with Crippen molar-refractivity contribution < 1.29 is 22.8 Å². The minimum atomic E-state index is 2.00. The number of aromatic nitrogens is 10. The first-order valence-electron chi connectivity index (χ1n) is 11.3. The molecule has 0 aliphatic heterocycles. The molecular formula is C25H45N10+5. The van der Waals surface area contributed by atoms with Crippen LogP contribution in [0.1, 0.15) is 0 Å². The lowest BCUT2D eigenvalue weighted by molar-refractivity contribution is -0.671. The highest BCUT2D eigenvalue weighted by molar-refractivity contribution is 4.63. The number of hydrogen-bond donors (Lipinski definition) is 0. The Kier molecular flexibility index (Phi) is 12.5. The summed E-state index contributed by atoms with van der Waals surface area (Å²) in [5.41, 5.74) is 0. The first-order chi connectivity index (χ1) is 16.4. The Morgan fingerprint density at radius 3 is 0.486 bits per heavy atom. The van der Waals surface area contributed by atoms with Crippen molar-refractivity contribution in [1.82, 2.24) is 22.8 Å². The zero-order valence-corrected chi connectivity index (χ0v) is 23.1. The fourth-order valence-corrected chi connectivity index (χ4v) is 2.87. The molecule has 10 heteroatoms. The van der Waals surface area contributed by atoms with E-state index in [2.05, 4.69) is 0 Å². The van der Waals surface area contributed by atoms with Crippen LogP contribution >= 0.6 is 0 Å². The first kappa shape index (κ1) is 29.1. The minimum Gasteiger partial charge on any atom is -0.240 e. The summed E-state index contributed by atoms with van der Waals surface area (Å²) in [4.78, 5) is 0. The topological polar surface area (TPSA) is 44.0 Å². The van der Waals surface area contributed by atoms with Crippen molar-refractivity contribution in [3.8, 4) is 0 Å². The molecule has 190 valence electrons. The van der Waals surface area contributed by atoms with E-state index in [9.17, 15) is 0 Å². The average Bonchev–Trinajstić information content (AvgIpc) is 3.59. The fraction of sp³-hybridized carbons (Fsp3) is 0.400. The molecule has 5 heterocycles. The summed E-state index contributed by atoms with van der Waals surface area (Å²) in [6, 6.07) is 0. The number of nitrogens with zero attached hydrogens (tertiary/aromatic N) is 10. The van der Waals surface area contributed by atoms with E-state index >= 15 is 0 Å². The summed E-state index contributed by atoms with van der Waals surface area (Å²) in [7, 11) is 20.0. The molecule has 0 aliphatic carbocycles. The maximum atomic E-state index is 2.00. The second kappa shape index (κ2) is 15.0. The lowest BCUT2D eigenvalue weighted by Crippen LogP contribution is -2.23. The van der Waals surface area contributed by atoms with Gasteiger partial charge in [-0.2, -0.15) is 0 Å². The Hall–Kier alpha value is -3.95. The Morgan fingerprint density at radius 1 is 0.314 bits per heavy atom. The zero-order chi connectivity index (χ0) is 26.4. The number of rotatable bonds is 0. The van der Waals surface area contributed by atoms with Crippen molar-refractivity contribution in [2.75, 3.05) is 0 Å². The van der Waals surface area contributed by atoms with Crippen LogP contribution in [0.2, 0.25) is 0 Å². The predicted octanol–water partition coefficient (Wildman–Crippen LogP) is -0.752. The fourth-order valence-electron chi connectivity index (χ4n) is 2.87. The van der Waals surface area contributed by atoms with Gasteiger partial charge in [0.15, 0.2) is 0 Å². The van der Waals surface area contributed by atoms with Gasteiger partial charge in [-0.05, 0) is 0 Å². The highest BCUT2D eigenvalue weighted by atomic mass is 15.1. The van der Waals surface area contributed by atoms with Crippen LogP contribution in [0.5, 0.6) is 0 Å². The number of imidazole rings is 5. The van der Waals surface area contributed by atoms with Crippen LogP contribution in [0, 0.1) is 0 Å². The summed E-state index contributed by atoms with van der Waals surface area (Å²) in [6.45, 7) is 0. The maximum absolute atomic E-state index is 2.00. The van der Waals surface area contributed by atoms with Crippen molar-refractivity contribution in [2.45, 2.75) is 0 Å². The van der Waals surface area contributed by atoms with E-state index in [0.717, 1.165) is 0 Å². The largest absolute Gasteiger partial charge is 0.243 e. The third-order valence-corrected chi connectivity index (χ3v) is 4.51. The summed E-state index contributed by atoms with van der Waals surface area (Å²) in [5, 5.41) is 0. The van der Waals surface area contributed by atoms with Crippen molar-refractivity contribution in [3.05, 3.63) is 93.6 Å². The molecule has 0 spiro atoms. The highest BCUT2D eigenvalue weighted by Gasteiger charge is 1.90. The van der Waals surface area contributed by atoms with Crippen LogP contribution in [0.3, 0.4) is 0 Å². The van der Waals surface area contributed by atoms with Crippen molar-refractivity contribution in [1.29, 1.82) is 0 Å². The lowest BCUT2D eigenvalue weighted by atomic mass is 10.9. The molecule has 0 atom stereocenters. The van der Waals surface area contributed by atoms with Gasteiger partial charge in [-0.1, -0.05) is 0 Å². The Balaban J connectivity index is 0.000000219. The molecule has 0 saturated carbocycles. The summed E-state index contributed by atoms with van der Waals surface area (Å²) in [5.74, 6) is 0. The maximum Gasteiger partial charge on any atom is 0.243 e. The van der Waals surface area contributed by atoms with E-state index in [-0.39, 0.29) is 0 Å². The minimum absolute atomic E-state index is 2.00. The first-order valence-corrected chi connectivity index (χ1v) is 11.3. The SMILES string of the molecule is Cn1cc[n+](C)c1.Cn1cc[n+](C)c1.Cn1cc[n+](C)c1.Cn1cc[n+](C)c1.Cn1cc[n+](C)c1. The van der Waals surface area contributed by atoms with Gasteiger partial charge in [0.1, 0.15) is 62.0 Å². The zero-order valence-electron chi connectivity index (χ0n) is 23.1. The third kappa shape index (κ3) is 14.0. The molecule has 0 aliphatic rings. The number of hydrogen-bond acceptors (Lipinski definition) is 0. The van der Waals surface area contributed by atoms with Gasteiger partial charge in [0, 0.05) is 0 Å². The lowest BCUT2D eigenvalue weighted by Gasteiger charge is -1.72. The molecule has 0 aromatic carbocycles. The van der Waals surface area contributed by atoms with Crippen molar-refractivity contribution in [3.63, 3.8) is 0 Å². The molecule has 0 saturated heterocycles. The Bertz CT molecular complexity index is 914. The van der Waals surface area contributed by atoms with Gasteiger partial charge in [0.05, 0.1) is 70.5 Å². The van der Waals surface area contributed by atoms with Crippen LogP contribution in [-0.4, -0.2) is 22.8 Å². The molecule has 0 bridgehead atoms. The van der Waals surface area contributed by atoms with Crippen LogP contribution < -0.4 is 22.8 Å². The molecule has 0 fully saturated rings. The Labute approximate surface area is 210 Å². The molecule has 5 aromatic heterocycles. The monoisotopic (exact) mass is 485 g/mol. The molecule has 35 heavy (non-hydrogen) atoms. The van der Waals surface area contributed by atoms with Gasteiger partial charge in [0.25, 0.3) is 0 Å². The van der Waals surface area contributed by atoms with Crippen molar-refractivity contribution >= 4 is 0 Å². The molecule has 10 nitrogen and oxygen atoms in total. The molecule has 0 amide bonds. The second-order valence-electron chi connectivity index (χ2n) is 8.72. The van der Waals surface area contributed by atoms with Crippen LogP contribution in [-0.2, 0) is 70.5 Å². The van der Waals surface area contributed by atoms with E-state index in [0.29, 0.717) is 0 Å². The van der Waals surface area contributed by atoms with E-state index in [1.165, 1.54) is 0 Å². The standard InChI is InChI=1S/5C5H9N2/c5*1-6-3-4-7(2)5-6/h5*3-5H,1-2H3/q5*+1. The molecule has 0 unspecified atom stereocenters. The van der Waals surface area contributed by atoms with Gasteiger partial charge in [-0.25, -0.2) is 45.7 Å². The van der Waals surface area contributed by atoms with E-state index in [1.807, 2.05) is 210 Å². The highest BCUT2D eigenvalue weighted by Crippen LogP contribution is 1.73. The summed E-state index contributed by atoms with van der Waals surface area (Å²) < 4.78 is 20.0. The molecule has 5 rings (SSSR count). The summed E-state index contributed by atoms with van der Waals surface area (Å²) >= 11 is 0. The van der Waals surface area contributed by atoms with Gasteiger partial charge < -0.3 is 0 Å². The van der Waals surface area contributed by atoms with Crippen molar-refractivity contribution in [2.24, 2.45) is 70.5 Å². The molecular weight excluding hydrogens is 440 g/mol. The summed E-state index contributed by atoms with van der Waals surface area (Å²) in [6.07, 6.45) is 30.0. The molecule has 5 aromatic rings. The quantitative estimate of drug-likeness (QED) is 0.259.